The molecule has 0 aliphatic rings. The Morgan fingerprint density at radius 3 is 2.02 bits per heavy atom. The number of carbonyl (C=O) groups excluding carboxylic acids is 1. The molecule has 9 nitrogen and oxygen atoms in total. The van der Waals surface area contributed by atoms with Crippen molar-refractivity contribution in [2.45, 2.75) is 71.0 Å². The number of aryl methyl sites for hydroxylation is 2. The number of sulfone groups is 1. The third kappa shape index (κ3) is 6.99. The number of rotatable bonds is 9. The van der Waals surface area contributed by atoms with Gasteiger partial charge in [-0.05, 0) is 107 Å². The first-order valence-corrected chi connectivity index (χ1v) is 17.6. The lowest BCUT2D eigenvalue weighted by atomic mass is 9.97. The van der Waals surface area contributed by atoms with Crippen molar-refractivity contribution in [3.05, 3.63) is 113 Å². The molecule has 0 saturated carbocycles. The van der Waals surface area contributed by atoms with Gasteiger partial charge in [0, 0.05) is 16.8 Å². The number of carboxylic acid groups (broad SMARTS) is 1. The Bertz CT molecular complexity index is 2060. The number of hydrogen-bond donors (Lipinski definition) is 2. The minimum Gasteiger partial charge on any atom is -0.465 e. The highest BCUT2D eigenvalue weighted by Crippen LogP contribution is 2.34. The zero-order valence-corrected chi connectivity index (χ0v) is 29.2. The van der Waals surface area contributed by atoms with Crippen LogP contribution in [0, 0.1) is 13.8 Å². The van der Waals surface area contributed by atoms with Crippen LogP contribution in [0.1, 0.15) is 69.0 Å². The van der Waals surface area contributed by atoms with Gasteiger partial charge in [0.1, 0.15) is 11.9 Å². The molecule has 2 amide bonds. The molecule has 48 heavy (non-hydrogen) atoms. The summed E-state index contributed by atoms with van der Waals surface area (Å²) >= 11 is 0. The maximum atomic E-state index is 13.9. The van der Waals surface area contributed by atoms with E-state index >= 15 is 0 Å². The number of hydrogen-bond acceptors (Lipinski definition) is 5. The van der Waals surface area contributed by atoms with E-state index in [0.717, 1.165) is 38.4 Å². The predicted octanol–water partition coefficient (Wildman–Crippen LogP) is 8.18. The van der Waals surface area contributed by atoms with Gasteiger partial charge in [-0.3, -0.25) is 9.69 Å². The van der Waals surface area contributed by atoms with E-state index in [1.807, 2.05) is 24.3 Å². The fourth-order valence-electron chi connectivity index (χ4n) is 5.93. The Kier molecular flexibility index (Phi) is 9.51. The van der Waals surface area contributed by atoms with Crippen LogP contribution in [-0.4, -0.2) is 51.3 Å². The second kappa shape index (κ2) is 13.3. The summed E-state index contributed by atoms with van der Waals surface area (Å²) in [6.07, 6.45) is -1.28. The van der Waals surface area contributed by atoms with Crippen LogP contribution in [-0.2, 0) is 14.6 Å². The van der Waals surface area contributed by atoms with Gasteiger partial charge in [-0.2, -0.15) is 0 Å². The normalized spacial score (nSPS) is 13.2. The summed E-state index contributed by atoms with van der Waals surface area (Å²) in [6.45, 7) is 12.9. The highest BCUT2D eigenvalue weighted by atomic mass is 32.2. The summed E-state index contributed by atoms with van der Waals surface area (Å²) in [7, 11) is -3.48. The summed E-state index contributed by atoms with van der Waals surface area (Å²) in [5.74, 6) is 0.143. The van der Waals surface area contributed by atoms with Crippen molar-refractivity contribution >= 4 is 38.6 Å². The summed E-state index contributed by atoms with van der Waals surface area (Å²) in [5.41, 5.74) is 6.10. The van der Waals surface area contributed by atoms with E-state index in [9.17, 15) is 23.1 Å². The van der Waals surface area contributed by atoms with Crippen LogP contribution in [0.3, 0.4) is 0 Å². The molecule has 2 atom stereocenters. The van der Waals surface area contributed by atoms with Crippen molar-refractivity contribution in [2.75, 3.05) is 11.1 Å². The molecule has 1 aromatic heterocycles. The number of carbonyl (C=O) groups is 2. The van der Waals surface area contributed by atoms with Gasteiger partial charge in [-0.25, -0.2) is 18.2 Å². The van der Waals surface area contributed by atoms with Crippen molar-refractivity contribution in [3.8, 4) is 11.4 Å². The molecule has 0 saturated heterocycles. The second-order valence-corrected chi connectivity index (χ2v) is 15.4. The maximum absolute atomic E-state index is 13.9. The van der Waals surface area contributed by atoms with Gasteiger partial charge in [0.15, 0.2) is 9.84 Å². The Hall–Kier alpha value is -4.96. The molecule has 1 heterocycles. The molecule has 0 spiro atoms. The average Bonchev–Trinajstić information content (AvgIpc) is 3.41. The van der Waals surface area contributed by atoms with Gasteiger partial charge < -0.3 is 15.0 Å². The molecule has 4 aromatic carbocycles. The molecule has 2 N–H and O–H groups in total. The molecule has 2 unspecified atom stereocenters. The molecule has 0 radical (unpaired) electrons. The van der Waals surface area contributed by atoms with Gasteiger partial charge in [0.25, 0.3) is 5.91 Å². The van der Waals surface area contributed by atoms with Crippen molar-refractivity contribution in [1.82, 2.24) is 14.5 Å². The van der Waals surface area contributed by atoms with Crippen molar-refractivity contribution in [1.29, 1.82) is 0 Å². The zero-order valence-electron chi connectivity index (χ0n) is 28.4. The van der Waals surface area contributed by atoms with E-state index in [2.05, 4.69) is 61.0 Å². The zero-order chi connectivity index (χ0) is 35.0. The van der Waals surface area contributed by atoms with Crippen molar-refractivity contribution in [2.24, 2.45) is 0 Å². The highest BCUT2D eigenvalue weighted by molar-refractivity contribution is 7.91. The first-order chi connectivity index (χ1) is 22.6. The van der Waals surface area contributed by atoms with Crippen LogP contribution < -0.4 is 5.32 Å². The van der Waals surface area contributed by atoms with Crippen LogP contribution in [0.15, 0.2) is 95.9 Å². The number of imidazole rings is 1. The minimum absolute atomic E-state index is 0.00867. The quantitative estimate of drug-likeness (QED) is 0.164. The Labute approximate surface area is 282 Å². The number of fused-ring (bicyclic) bond motifs is 1. The predicted molar refractivity (Wildman–Crippen MR) is 190 cm³/mol. The average molecular weight is 667 g/mol. The van der Waals surface area contributed by atoms with E-state index in [-0.39, 0.29) is 16.7 Å². The summed E-state index contributed by atoms with van der Waals surface area (Å²) in [4.78, 5) is 32.7. The molecule has 0 bridgehead atoms. The van der Waals surface area contributed by atoms with Gasteiger partial charge >= 0.3 is 6.09 Å². The van der Waals surface area contributed by atoms with E-state index < -0.39 is 33.4 Å². The molecular weight excluding hydrogens is 625 g/mol. The van der Waals surface area contributed by atoms with Crippen LogP contribution in [0.4, 0.5) is 10.5 Å². The fraction of sp³-hybridized carbons (Fsp3) is 0.289. The summed E-state index contributed by atoms with van der Waals surface area (Å²) in [6, 6.07) is 26.6. The van der Waals surface area contributed by atoms with Gasteiger partial charge in [0.2, 0.25) is 0 Å². The van der Waals surface area contributed by atoms with Gasteiger partial charge in [-0.1, -0.05) is 55.0 Å². The second-order valence-electron chi connectivity index (χ2n) is 13.1. The number of nitrogens with zero attached hydrogens (tertiary/aromatic N) is 3. The number of benzene rings is 4. The van der Waals surface area contributed by atoms with E-state index in [1.54, 1.807) is 39.8 Å². The Morgan fingerprint density at radius 1 is 0.875 bits per heavy atom. The Morgan fingerprint density at radius 2 is 1.46 bits per heavy atom. The van der Waals surface area contributed by atoms with Gasteiger partial charge in [-0.15, -0.1) is 0 Å². The molecule has 0 aliphatic carbocycles. The molecular formula is C38H42N4O5S. The van der Waals surface area contributed by atoms with E-state index in [4.69, 9.17) is 4.98 Å². The van der Waals surface area contributed by atoms with Crippen molar-refractivity contribution in [3.63, 3.8) is 0 Å². The molecule has 5 rings (SSSR count). The number of amides is 2. The third-order valence-electron chi connectivity index (χ3n) is 8.57. The lowest BCUT2D eigenvalue weighted by Crippen LogP contribution is -2.50. The lowest BCUT2D eigenvalue weighted by molar-refractivity contribution is -0.122. The molecule has 0 fully saturated rings. The lowest BCUT2D eigenvalue weighted by Gasteiger charge is -2.39. The standard InChI is InChI=1S/C38H42N4O5S/c1-8-48(46,47)31-20-16-28(17-21-31)34(42(37(44)45)38(5,6)7)36(43)39-30-18-14-29(15-19-30)35-40-32-22-11-25(3)23-33(32)41(35)26(4)27-12-9-24(2)10-13-27/h9-23,26,34H,8H2,1-7H3,(H,39,43)(H,44,45). The van der Waals surface area contributed by atoms with E-state index in [0.29, 0.717) is 11.3 Å². The van der Waals surface area contributed by atoms with E-state index in [1.165, 1.54) is 29.8 Å². The summed E-state index contributed by atoms with van der Waals surface area (Å²) < 4.78 is 27.0. The minimum atomic E-state index is -3.48. The van der Waals surface area contributed by atoms with Gasteiger partial charge in [0.05, 0.1) is 27.7 Å². The maximum Gasteiger partial charge on any atom is 0.408 e. The largest absolute Gasteiger partial charge is 0.465 e. The third-order valence-corrected chi connectivity index (χ3v) is 10.3. The molecule has 5 aromatic rings. The topological polar surface area (TPSA) is 122 Å². The van der Waals surface area contributed by atoms with Crippen LogP contribution in [0.2, 0.25) is 0 Å². The smallest absolute Gasteiger partial charge is 0.408 e. The van der Waals surface area contributed by atoms with Crippen LogP contribution in [0.25, 0.3) is 22.4 Å². The van der Waals surface area contributed by atoms with Crippen LogP contribution >= 0.6 is 0 Å². The highest BCUT2D eigenvalue weighted by Gasteiger charge is 2.39. The number of aromatic nitrogens is 2. The first-order valence-electron chi connectivity index (χ1n) is 15.9. The molecule has 10 heteroatoms. The monoisotopic (exact) mass is 666 g/mol. The van der Waals surface area contributed by atoms with Crippen molar-refractivity contribution < 1.29 is 23.1 Å². The Balaban J connectivity index is 1.50. The number of anilines is 1. The number of nitrogens with one attached hydrogen (secondary N) is 1. The SMILES string of the molecule is CCS(=O)(=O)c1ccc(C(C(=O)Nc2ccc(-c3nc4ccc(C)cc4n3C(C)c3ccc(C)cc3)cc2)N(C(=O)O)C(C)(C)C)cc1. The molecule has 0 aliphatic heterocycles. The fourth-order valence-corrected chi connectivity index (χ4v) is 6.82. The summed E-state index contributed by atoms with van der Waals surface area (Å²) in [5, 5.41) is 13.1. The first kappa shape index (κ1) is 34.4. The molecule has 250 valence electrons. The van der Waals surface area contributed by atoms with Crippen LogP contribution in [0.5, 0.6) is 0 Å².